The zero-order valence-electron chi connectivity index (χ0n) is 9.41. The predicted molar refractivity (Wildman–Crippen MR) is 69.2 cm³/mol. The molecular formula is C14H11BrF2O. The van der Waals surface area contributed by atoms with Crippen molar-refractivity contribution >= 4 is 15.9 Å². The van der Waals surface area contributed by atoms with Gasteiger partial charge in [0.15, 0.2) is 0 Å². The number of halogens is 3. The van der Waals surface area contributed by atoms with Gasteiger partial charge >= 0.3 is 0 Å². The number of hydrogen-bond donors (Lipinski definition) is 1. The molecule has 1 atom stereocenters. The van der Waals surface area contributed by atoms with Crippen LogP contribution in [0, 0.1) is 11.6 Å². The zero-order chi connectivity index (χ0) is 13.1. The van der Waals surface area contributed by atoms with E-state index in [0.29, 0.717) is 11.1 Å². The Morgan fingerprint density at radius 1 is 1.00 bits per heavy atom. The largest absolute Gasteiger partial charge is 0.388 e. The van der Waals surface area contributed by atoms with Crippen molar-refractivity contribution in [2.24, 2.45) is 0 Å². The van der Waals surface area contributed by atoms with Crippen LogP contribution >= 0.6 is 15.9 Å². The first-order valence-corrected chi connectivity index (χ1v) is 6.22. The summed E-state index contributed by atoms with van der Waals surface area (Å²) in [6.45, 7) is 0. The van der Waals surface area contributed by atoms with E-state index in [1.54, 1.807) is 12.1 Å². The second-order valence-corrected chi connectivity index (χ2v) is 4.96. The molecule has 1 unspecified atom stereocenters. The summed E-state index contributed by atoms with van der Waals surface area (Å²) in [7, 11) is 0. The Bertz CT molecular complexity index is 520. The summed E-state index contributed by atoms with van der Waals surface area (Å²) in [6, 6.07) is 10.4. The van der Waals surface area contributed by atoms with Crippen LogP contribution in [0.4, 0.5) is 8.78 Å². The van der Waals surface area contributed by atoms with Gasteiger partial charge in [-0.25, -0.2) is 8.78 Å². The van der Waals surface area contributed by atoms with Gasteiger partial charge in [-0.05, 0) is 35.4 Å². The number of aliphatic hydroxyl groups excluding tert-OH is 1. The molecule has 0 radical (unpaired) electrons. The molecule has 4 heteroatoms. The molecule has 0 aromatic heterocycles. The normalized spacial score (nSPS) is 12.4. The summed E-state index contributed by atoms with van der Waals surface area (Å²) in [6.07, 6.45) is -0.602. The highest BCUT2D eigenvalue weighted by Crippen LogP contribution is 2.21. The van der Waals surface area contributed by atoms with Gasteiger partial charge in [-0.2, -0.15) is 0 Å². The maximum absolute atomic E-state index is 13.0. The van der Waals surface area contributed by atoms with Crippen LogP contribution in [-0.4, -0.2) is 5.11 Å². The van der Waals surface area contributed by atoms with Gasteiger partial charge in [0.25, 0.3) is 0 Å². The fourth-order valence-electron chi connectivity index (χ4n) is 1.75. The summed E-state index contributed by atoms with van der Waals surface area (Å²) < 4.78 is 26.9. The van der Waals surface area contributed by atoms with Crippen molar-refractivity contribution in [3.63, 3.8) is 0 Å². The Morgan fingerprint density at radius 3 is 2.11 bits per heavy atom. The average molecular weight is 313 g/mol. The quantitative estimate of drug-likeness (QED) is 0.908. The van der Waals surface area contributed by atoms with E-state index in [-0.39, 0.29) is 6.42 Å². The highest BCUT2D eigenvalue weighted by molar-refractivity contribution is 9.10. The maximum Gasteiger partial charge on any atom is 0.126 e. The lowest BCUT2D eigenvalue weighted by Gasteiger charge is -2.11. The zero-order valence-corrected chi connectivity index (χ0v) is 11.0. The van der Waals surface area contributed by atoms with Crippen molar-refractivity contribution in [1.82, 2.24) is 0 Å². The van der Waals surface area contributed by atoms with E-state index in [9.17, 15) is 13.9 Å². The molecule has 0 fully saturated rings. The van der Waals surface area contributed by atoms with Crippen molar-refractivity contribution in [3.05, 3.63) is 69.7 Å². The van der Waals surface area contributed by atoms with Gasteiger partial charge in [0.05, 0.1) is 6.10 Å². The van der Waals surface area contributed by atoms with Gasteiger partial charge in [0.1, 0.15) is 11.6 Å². The van der Waals surface area contributed by atoms with Crippen LogP contribution in [0.1, 0.15) is 17.2 Å². The van der Waals surface area contributed by atoms with Crippen LogP contribution in [0.2, 0.25) is 0 Å². The van der Waals surface area contributed by atoms with Crippen molar-refractivity contribution in [3.8, 4) is 0 Å². The first kappa shape index (κ1) is 13.2. The number of hydrogen-bond acceptors (Lipinski definition) is 1. The summed E-state index contributed by atoms with van der Waals surface area (Å²) in [5, 5.41) is 9.99. The van der Waals surface area contributed by atoms with Crippen molar-refractivity contribution in [2.75, 3.05) is 0 Å². The molecule has 0 heterocycles. The molecule has 0 aliphatic heterocycles. The van der Waals surface area contributed by atoms with E-state index in [1.165, 1.54) is 12.1 Å². The number of benzene rings is 2. The lowest BCUT2D eigenvalue weighted by atomic mass is 10.0. The summed E-state index contributed by atoms with van der Waals surface area (Å²) in [5.74, 6) is -1.26. The molecule has 2 aromatic carbocycles. The first-order valence-electron chi connectivity index (χ1n) is 5.43. The molecule has 94 valence electrons. The van der Waals surface area contributed by atoms with Gasteiger partial charge in [0.2, 0.25) is 0 Å². The van der Waals surface area contributed by atoms with Gasteiger partial charge in [-0.15, -0.1) is 0 Å². The Balaban J connectivity index is 2.15. The third-order valence-electron chi connectivity index (χ3n) is 2.61. The third kappa shape index (κ3) is 3.37. The van der Waals surface area contributed by atoms with E-state index < -0.39 is 17.7 Å². The van der Waals surface area contributed by atoms with Crippen LogP contribution in [0.25, 0.3) is 0 Å². The Hall–Kier alpha value is -1.26. The molecule has 0 amide bonds. The first-order chi connectivity index (χ1) is 8.54. The van der Waals surface area contributed by atoms with Gasteiger partial charge in [-0.3, -0.25) is 0 Å². The molecule has 0 bridgehead atoms. The molecular weight excluding hydrogens is 302 g/mol. The van der Waals surface area contributed by atoms with E-state index in [2.05, 4.69) is 15.9 Å². The van der Waals surface area contributed by atoms with Gasteiger partial charge in [-0.1, -0.05) is 28.1 Å². The van der Waals surface area contributed by atoms with Crippen molar-refractivity contribution in [1.29, 1.82) is 0 Å². The summed E-state index contributed by atoms with van der Waals surface area (Å²) in [5.41, 5.74) is 1.14. The Kier molecular flexibility index (Phi) is 4.09. The molecule has 1 N–H and O–H groups in total. The van der Waals surface area contributed by atoms with Crippen LogP contribution in [-0.2, 0) is 6.42 Å². The number of aliphatic hydroxyl groups is 1. The highest BCUT2D eigenvalue weighted by atomic mass is 79.9. The summed E-state index contributed by atoms with van der Waals surface area (Å²) >= 11 is 3.30. The second-order valence-electron chi connectivity index (χ2n) is 4.05. The molecule has 2 rings (SSSR count). The minimum atomic E-state index is -0.778. The second kappa shape index (κ2) is 5.59. The topological polar surface area (TPSA) is 20.2 Å². The fraction of sp³-hybridized carbons (Fsp3) is 0.143. The molecule has 18 heavy (non-hydrogen) atoms. The smallest absolute Gasteiger partial charge is 0.126 e. The van der Waals surface area contributed by atoms with Crippen LogP contribution in [0.3, 0.4) is 0 Å². The van der Waals surface area contributed by atoms with Crippen LogP contribution in [0.5, 0.6) is 0 Å². The van der Waals surface area contributed by atoms with E-state index in [1.807, 2.05) is 12.1 Å². The third-order valence-corrected chi connectivity index (χ3v) is 3.13. The van der Waals surface area contributed by atoms with E-state index in [4.69, 9.17) is 0 Å². The Morgan fingerprint density at radius 2 is 1.56 bits per heavy atom. The van der Waals surface area contributed by atoms with Gasteiger partial charge in [0, 0.05) is 17.0 Å². The van der Waals surface area contributed by atoms with E-state index in [0.717, 1.165) is 10.5 Å². The molecule has 1 nitrogen and oxygen atoms in total. The van der Waals surface area contributed by atoms with Gasteiger partial charge < -0.3 is 5.11 Å². The number of rotatable bonds is 3. The fourth-order valence-corrected chi connectivity index (χ4v) is 2.02. The maximum atomic E-state index is 13.0. The molecule has 0 spiro atoms. The minimum Gasteiger partial charge on any atom is -0.388 e. The molecule has 0 saturated heterocycles. The average Bonchev–Trinajstić information content (AvgIpc) is 2.28. The highest BCUT2D eigenvalue weighted by Gasteiger charge is 2.10. The lowest BCUT2D eigenvalue weighted by molar-refractivity contribution is 0.178. The molecule has 0 aliphatic rings. The van der Waals surface area contributed by atoms with Crippen LogP contribution in [0.15, 0.2) is 46.9 Å². The monoisotopic (exact) mass is 312 g/mol. The predicted octanol–water partition coefficient (Wildman–Crippen LogP) is 4.00. The minimum absolute atomic E-state index is 0.177. The molecule has 0 saturated carbocycles. The summed E-state index contributed by atoms with van der Waals surface area (Å²) in [4.78, 5) is 0. The SMILES string of the molecule is OC(Cc1cc(F)cc(F)c1)c1ccc(Br)cc1. The Labute approximate surface area is 112 Å². The molecule has 2 aromatic rings. The van der Waals surface area contributed by atoms with Crippen molar-refractivity contribution in [2.45, 2.75) is 12.5 Å². The van der Waals surface area contributed by atoms with Crippen LogP contribution < -0.4 is 0 Å². The molecule has 0 aliphatic carbocycles. The standard InChI is InChI=1S/C14H11BrF2O/c15-11-3-1-10(2-4-11)14(18)7-9-5-12(16)8-13(17)6-9/h1-6,8,14,18H,7H2. The van der Waals surface area contributed by atoms with Crippen molar-refractivity contribution < 1.29 is 13.9 Å². The lowest BCUT2D eigenvalue weighted by Crippen LogP contribution is -2.02. The van der Waals surface area contributed by atoms with E-state index >= 15 is 0 Å².